The minimum absolute atomic E-state index is 0.557. The zero-order valence-electron chi connectivity index (χ0n) is 12.5. The van der Waals surface area contributed by atoms with Gasteiger partial charge >= 0.3 is 0 Å². The van der Waals surface area contributed by atoms with Crippen LogP contribution in [0.3, 0.4) is 0 Å². The molecule has 2 rings (SSSR count). The van der Waals surface area contributed by atoms with Gasteiger partial charge in [0, 0.05) is 24.8 Å². The lowest BCUT2D eigenvalue weighted by molar-refractivity contribution is 0.365. The molecule has 0 radical (unpaired) electrons. The summed E-state index contributed by atoms with van der Waals surface area (Å²) >= 11 is 0. The molecule has 0 amide bonds. The number of anilines is 1. The lowest BCUT2D eigenvalue weighted by Crippen LogP contribution is -2.30. The monoisotopic (exact) mass is 261 g/mol. The molecule has 0 saturated heterocycles. The molecule has 0 aliphatic carbocycles. The Morgan fingerprint density at radius 2 is 2.21 bits per heavy atom. The van der Waals surface area contributed by atoms with Gasteiger partial charge in [0.25, 0.3) is 0 Å². The van der Waals surface area contributed by atoms with Crippen molar-refractivity contribution in [2.24, 2.45) is 0 Å². The van der Waals surface area contributed by atoms with E-state index >= 15 is 0 Å². The zero-order valence-corrected chi connectivity index (χ0v) is 12.5. The second-order valence-electron chi connectivity index (χ2n) is 5.86. The topological polar surface area (TPSA) is 27.3 Å². The van der Waals surface area contributed by atoms with Crippen LogP contribution in [-0.4, -0.2) is 38.1 Å². The van der Waals surface area contributed by atoms with Crippen molar-refractivity contribution >= 4 is 5.69 Å². The summed E-state index contributed by atoms with van der Waals surface area (Å²) in [5, 5.41) is 7.19. The molecular weight excluding hydrogens is 234 g/mol. The normalized spacial score (nSPS) is 16.0. The number of rotatable bonds is 6. The Hall–Kier alpha value is -1.06. The highest BCUT2D eigenvalue weighted by Crippen LogP contribution is 2.25. The van der Waals surface area contributed by atoms with Gasteiger partial charge in [-0.25, -0.2) is 0 Å². The molecular formula is C16H27N3. The maximum Gasteiger partial charge on any atom is 0.0418 e. The number of fused-ring (bicyclic) bond motifs is 1. The van der Waals surface area contributed by atoms with Crippen molar-refractivity contribution in [3.8, 4) is 0 Å². The van der Waals surface area contributed by atoms with Crippen molar-refractivity contribution in [2.45, 2.75) is 38.8 Å². The van der Waals surface area contributed by atoms with Crippen LogP contribution in [0.5, 0.6) is 0 Å². The van der Waals surface area contributed by atoms with E-state index in [9.17, 15) is 0 Å². The maximum atomic E-state index is 3.64. The van der Waals surface area contributed by atoms with E-state index < -0.39 is 0 Å². The smallest absolute Gasteiger partial charge is 0.0418 e. The van der Waals surface area contributed by atoms with Crippen LogP contribution >= 0.6 is 0 Å². The van der Waals surface area contributed by atoms with Gasteiger partial charge in [0.15, 0.2) is 0 Å². The molecule has 2 N–H and O–H groups in total. The van der Waals surface area contributed by atoms with E-state index in [-0.39, 0.29) is 0 Å². The first-order valence-corrected chi connectivity index (χ1v) is 7.39. The number of hydrogen-bond donors (Lipinski definition) is 2. The van der Waals surface area contributed by atoms with E-state index in [0.717, 1.165) is 19.6 Å². The minimum atomic E-state index is 0.557. The Bertz CT molecular complexity index is 401. The molecule has 0 spiro atoms. The van der Waals surface area contributed by atoms with Crippen LogP contribution in [0.15, 0.2) is 18.2 Å². The molecule has 19 heavy (non-hydrogen) atoms. The molecule has 0 bridgehead atoms. The molecule has 0 fully saturated rings. The Balaban J connectivity index is 1.89. The van der Waals surface area contributed by atoms with Crippen LogP contribution in [0.25, 0.3) is 0 Å². The minimum Gasteiger partial charge on any atom is -0.385 e. The van der Waals surface area contributed by atoms with Crippen molar-refractivity contribution in [1.29, 1.82) is 0 Å². The van der Waals surface area contributed by atoms with Crippen LogP contribution in [-0.2, 0) is 13.0 Å². The van der Waals surface area contributed by atoms with Gasteiger partial charge in [0.1, 0.15) is 0 Å². The number of hydrogen-bond acceptors (Lipinski definition) is 3. The second kappa shape index (κ2) is 6.92. The van der Waals surface area contributed by atoms with E-state index in [1.54, 1.807) is 0 Å². The predicted molar refractivity (Wildman–Crippen MR) is 82.7 cm³/mol. The lowest BCUT2D eigenvalue weighted by atomic mass is 9.99. The number of nitrogens with zero attached hydrogens (tertiary/aromatic N) is 1. The van der Waals surface area contributed by atoms with Gasteiger partial charge in [0.05, 0.1) is 0 Å². The van der Waals surface area contributed by atoms with Crippen molar-refractivity contribution < 1.29 is 0 Å². The lowest BCUT2D eigenvalue weighted by Gasteiger charge is -2.23. The van der Waals surface area contributed by atoms with Gasteiger partial charge in [-0.1, -0.05) is 18.2 Å². The Morgan fingerprint density at radius 1 is 1.37 bits per heavy atom. The zero-order chi connectivity index (χ0) is 13.7. The number of aryl methyl sites for hydroxylation is 1. The number of benzene rings is 1. The summed E-state index contributed by atoms with van der Waals surface area (Å²) in [6.07, 6.45) is 3.66. The third-order valence-electron chi connectivity index (χ3n) is 3.81. The van der Waals surface area contributed by atoms with Crippen LogP contribution in [0.1, 0.15) is 30.9 Å². The van der Waals surface area contributed by atoms with Crippen LogP contribution in [0, 0.1) is 0 Å². The molecule has 1 heterocycles. The quantitative estimate of drug-likeness (QED) is 0.824. The van der Waals surface area contributed by atoms with Crippen molar-refractivity contribution in [2.75, 3.05) is 32.5 Å². The average molecular weight is 261 g/mol. The fourth-order valence-corrected chi connectivity index (χ4v) is 2.57. The highest BCUT2D eigenvalue weighted by atomic mass is 15.1. The molecule has 3 nitrogen and oxygen atoms in total. The Kier molecular flexibility index (Phi) is 5.23. The second-order valence-corrected chi connectivity index (χ2v) is 5.86. The first kappa shape index (κ1) is 14.4. The van der Waals surface area contributed by atoms with Gasteiger partial charge in [-0.2, -0.15) is 0 Å². The van der Waals surface area contributed by atoms with Crippen molar-refractivity contribution in [1.82, 2.24) is 10.2 Å². The molecule has 3 heteroatoms. The summed E-state index contributed by atoms with van der Waals surface area (Å²) < 4.78 is 0. The van der Waals surface area contributed by atoms with E-state index in [2.05, 4.69) is 54.8 Å². The predicted octanol–water partition coefficient (Wildman–Crippen LogP) is 2.47. The summed E-state index contributed by atoms with van der Waals surface area (Å²) in [5.74, 6) is 0. The third-order valence-corrected chi connectivity index (χ3v) is 3.81. The molecule has 1 aliphatic heterocycles. The molecule has 0 saturated carbocycles. The largest absolute Gasteiger partial charge is 0.385 e. The molecule has 1 unspecified atom stereocenters. The first-order chi connectivity index (χ1) is 9.16. The van der Waals surface area contributed by atoms with E-state index in [0.29, 0.717) is 6.04 Å². The molecule has 1 aromatic rings. The summed E-state index contributed by atoms with van der Waals surface area (Å²) in [4.78, 5) is 2.24. The van der Waals surface area contributed by atoms with Crippen molar-refractivity contribution in [3.05, 3.63) is 29.3 Å². The standard InChI is InChI=1S/C16H27N3/c1-13(9-11-19(2)3)18-12-15-7-4-6-14-8-5-10-17-16(14)15/h4,6-7,13,17-18H,5,8-12H2,1-3H3. The maximum absolute atomic E-state index is 3.64. The highest BCUT2D eigenvalue weighted by Gasteiger charge is 2.12. The van der Waals surface area contributed by atoms with Crippen LogP contribution in [0.2, 0.25) is 0 Å². The van der Waals surface area contributed by atoms with Crippen LogP contribution in [0.4, 0.5) is 5.69 Å². The molecule has 106 valence electrons. The number of nitrogens with one attached hydrogen (secondary N) is 2. The Morgan fingerprint density at radius 3 is 3.00 bits per heavy atom. The number of para-hydroxylation sites is 1. The van der Waals surface area contributed by atoms with Gasteiger partial charge < -0.3 is 15.5 Å². The van der Waals surface area contributed by atoms with Gasteiger partial charge in [-0.3, -0.25) is 0 Å². The Labute approximate surface area is 117 Å². The molecule has 1 aliphatic rings. The fraction of sp³-hybridized carbons (Fsp3) is 0.625. The average Bonchev–Trinajstić information content (AvgIpc) is 2.42. The SMILES string of the molecule is CC(CCN(C)C)NCc1cccc2c1NCCC2. The highest BCUT2D eigenvalue weighted by molar-refractivity contribution is 5.59. The first-order valence-electron chi connectivity index (χ1n) is 7.39. The molecule has 0 aromatic heterocycles. The third kappa shape index (κ3) is 4.22. The van der Waals surface area contributed by atoms with Crippen molar-refractivity contribution in [3.63, 3.8) is 0 Å². The molecule has 1 aromatic carbocycles. The van der Waals surface area contributed by atoms with Gasteiger partial charge in [-0.05, 0) is 58.0 Å². The van der Waals surface area contributed by atoms with E-state index in [1.807, 2.05) is 0 Å². The summed E-state index contributed by atoms with van der Waals surface area (Å²) in [5.41, 5.74) is 4.27. The summed E-state index contributed by atoms with van der Waals surface area (Å²) in [6.45, 7) is 5.48. The fourth-order valence-electron chi connectivity index (χ4n) is 2.57. The van der Waals surface area contributed by atoms with Gasteiger partial charge in [0.2, 0.25) is 0 Å². The summed E-state index contributed by atoms with van der Waals surface area (Å²) in [6, 6.07) is 7.23. The van der Waals surface area contributed by atoms with Crippen LogP contribution < -0.4 is 10.6 Å². The van der Waals surface area contributed by atoms with E-state index in [4.69, 9.17) is 0 Å². The van der Waals surface area contributed by atoms with E-state index in [1.165, 1.54) is 36.1 Å². The summed E-state index contributed by atoms with van der Waals surface area (Å²) in [7, 11) is 4.26. The molecule has 1 atom stereocenters. The van der Waals surface area contributed by atoms with Gasteiger partial charge in [-0.15, -0.1) is 0 Å².